The van der Waals surface area contributed by atoms with Crippen LogP contribution in [0.1, 0.15) is 48.0 Å². The molecule has 22 heavy (non-hydrogen) atoms. The molecular weight excluding hydrogens is 392 g/mol. The molecule has 0 spiro atoms. The van der Waals surface area contributed by atoms with Gasteiger partial charge in [0.1, 0.15) is 0 Å². The maximum Gasteiger partial charge on any atom is -0.108 e. The molecule has 1 heterocycles. The summed E-state index contributed by atoms with van der Waals surface area (Å²) in [5.41, 5.74) is 0. The fourth-order valence-corrected chi connectivity index (χ4v) is 0.581. The van der Waals surface area contributed by atoms with Crippen molar-refractivity contribution in [3.63, 3.8) is 0 Å². The minimum atomic E-state index is 0. The Hall–Kier alpha value is 0.0931. The third-order valence-electron chi connectivity index (χ3n) is 1.03. The van der Waals surface area contributed by atoms with E-state index in [1.54, 1.807) is 0 Å². The minimum Gasteiger partial charge on any atom is -0.484 e. The van der Waals surface area contributed by atoms with Gasteiger partial charge in [0.15, 0.2) is 0 Å². The first-order valence-corrected chi connectivity index (χ1v) is 8.30. The molecule has 1 aliphatic rings. The van der Waals surface area contributed by atoms with Gasteiger partial charge in [0.2, 0.25) is 0 Å². The van der Waals surface area contributed by atoms with Crippen LogP contribution in [0.5, 0.6) is 0 Å². The second-order valence-electron chi connectivity index (χ2n) is 4.82. The summed E-state index contributed by atoms with van der Waals surface area (Å²) in [6.07, 6.45) is 14.6. The van der Waals surface area contributed by atoms with Crippen LogP contribution in [-0.2, 0) is 24.2 Å². The quantitative estimate of drug-likeness (QED) is 0.480. The van der Waals surface area contributed by atoms with Gasteiger partial charge in [0, 0.05) is 0 Å². The Bertz CT molecular complexity index is 255. The van der Waals surface area contributed by atoms with Crippen molar-refractivity contribution < 1.29 is 24.2 Å². The van der Waals surface area contributed by atoms with Gasteiger partial charge in [-0.25, -0.2) is 12.2 Å². The zero-order chi connectivity index (χ0) is 16.2. The average Bonchev–Trinajstić information content (AvgIpc) is 3.09. The molecule has 0 aromatic carbocycles. The van der Waals surface area contributed by atoms with Gasteiger partial charge in [-0.2, -0.15) is 65.9 Å². The van der Waals surface area contributed by atoms with E-state index in [1.807, 2.05) is 30.5 Å². The van der Waals surface area contributed by atoms with Crippen molar-refractivity contribution in [3.8, 4) is 0 Å². The molecule has 4 heteroatoms. The van der Waals surface area contributed by atoms with E-state index < -0.39 is 0 Å². The Morgan fingerprint density at radius 2 is 1.45 bits per heavy atom. The standard InChI is InChI=1S/C5H5.C4H4N.2C4H9.CH2.2ClH.Zr/c2*1-2-4-5-3-1;2*1-4(2)3;;;;/h1-3H,4H2;1-3,5H;2*1-3H3;1H2;2*1H;/q4*-1;;;;. The van der Waals surface area contributed by atoms with Crippen LogP contribution in [-0.4, -0.2) is 9.20 Å². The van der Waals surface area contributed by atoms with Gasteiger partial charge in [-0.05, 0) is 0 Å². The van der Waals surface area contributed by atoms with Gasteiger partial charge in [-0.1, -0.05) is 0 Å². The van der Waals surface area contributed by atoms with Gasteiger partial charge in [0.05, 0.1) is 0 Å². The van der Waals surface area contributed by atoms with E-state index in [-0.39, 0.29) is 24.8 Å². The molecule has 0 saturated carbocycles. The maximum atomic E-state index is 3.34. The minimum absolute atomic E-state index is 0. The molecule has 0 fully saturated rings. The van der Waals surface area contributed by atoms with Crippen LogP contribution in [0.15, 0.2) is 36.6 Å². The van der Waals surface area contributed by atoms with E-state index in [9.17, 15) is 0 Å². The van der Waals surface area contributed by atoms with Gasteiger partial charge < -0.3 is 16.8 Å². The summed E-state index contributed by atoms with van der Waals surface area (Å²) in [5.74, 6) is 2.83. The molecule has 0 radical (unpaired) electrons. The van der Waals surface area contributed by atoms with E-state index in [2.05, 4.69) is 69.1 Å². The largest absolute Gasteiger partial charge is 0.484 e. The van der Waals surface area contributed by atoms with Crippen molar-refractivity contribution in [2.45, 2.75) is 48.0 Å². The van der Waals surface area contributed by atoms with E-state index in [0.717, 1.165) is 6.42 Å². The first-order chi connectivity index (χ1) is 9.46. The van der Waals surface area contributed by atoms with Crippen LogP contribution in [0.3, 0.4) is 0 Å². The molecule has 0 aliphatic heterocycles. The molecule has 0 amide bonds. The van der Waals surface area contributed by atoms with E-state index in [4.69, 9.17) is 0 Å². The number of hydrogen-bond acceptors (Lipinski definition) is 0. The van der Waals surface area contributed by atoms with Crippen LogP contribution in [0, 0.1) is 24.1 Å². The van der Waals surface area contributed by atoms with Crippen LogP contribution in [0.2, 0.25) is 0 Å². The monoisotopic (exact) mass is 421 g/mol. The molecule has 0 saturated heterocycles. The zero-order valence-corrected chi connectivity index (χ0v) is 18.8. The topological polar surface area (TPSA) is 15.8 Å². The molecule has 1 aromatic rings. The van der Waals surface area contributed by atoms with E-state index in [1.165, 1.54) is 36.1 Å². The number of aromatic amines is 1. The molecule has 0 unspecified atom stereocenters. The van der Waals surface area contributed by atoms with Gasteiger partial charge in [0.25, 0.3) is 0 Å². The van der Waals surface area contributed by atoms with E-state index >= 15 is 0 Å². The Balaban J connectivity index is -0.0000000551. The number of hydrogen-bond donors (Lipinski definition) is 1. The van der Waals surface area contributed by atoms with Crippen LogP contribution < -0.4 is 0 Å². The second-order valence-corrected chi connectivity index (χ2v) is 4.82. The van der Waals surface area contributed by atoms with Gasteiger partial charge >= 0.3 is 28.4 Å². The second kappa shape index (κ2) is 32.9. The fraction of sp³-hybridized carbons (Fsp3) is 0.389. The predicted molar refractivity (Wildman–Crippen MR) is 103 cm³/mol. The third kappa shape index (κ3) is 71.9. The Morgan fingerprint density at radius 3 is 1.55 bits per heavy atom. The molecule has 1 aromatic heterocycles. The smallest absolute Gasteiger partial charge is 0.108 e. The number of aromatic nitrogens is 1. The van der Waals surface area contributed by atoms with Crippen molar-refractivity contribution in [3.05, 3.63) is 60.7 Å². The fourth-order valence-electron chi connectivity index (χ4n) is 0.581. The summed E-state index contributed by atoms with van der Waals surface area (Å²) in [6, 6.07) is 3.71. The molecule has 1 N–H and O–H groups in total. The summed E-state index contributed by atoms with van der Waals surface area (Å²) in [4.78, 5) is 2.74. The Kier molecular flexibility index (Phi) is 50.3. The normalized spacial score (nSPS) is 9.23. The SMILES string of the molecule is C[C-](C)C.C[C-](C)C.Cl.Cl.[C-]1=CC=CC1.[CH2]=[Zr].[c-]1ccc[nH]1. The van der Waals surface area contributed by atoms with Crippen molar-refractivity contribution in [1.82, 2.24) is 4.98 Å². The Morgan fingerprint density at radius 1 is 1.00 bits per heavy atom. The summed E-state index contributed by atoms with van der Waals surface area (Å²) in [6.45, 7) is 12.5. The number of allylic oxidation sites excluding steroid dienone is 4. The van der Waals surface area contributed by atoms with E-state index in [0.29, 0.717) is 0 Å². The summed E-state index contributed by atoms with van der Waals surface area (Å²) in [7, 11) is 0. The van der Waals surface area contributed by atoms with Gasteiger partial charge in [-0.15, -0.1) is 37.4 Å². The van der Waals surface area contributed by atoms with Crippen molar-refractivity contribution >= 4 is 29.0 Å². The van der Waals surface area contributed by atoms with Crippen molar-refractivity contribution in [2.24, 2.45) is 0 Å². The molecule has 1 aliphatic carbocycles. The first kappa shape index (κ1) is 33.6. The van der Waals surface area contributed by atoms with Crippen molar-refractivity contribution in [2.75, 3.05) is 0 Å². The maximum absolute atomic E-state index is 3.34. The van der Waals surface area contributed by atoms with Crippen LogP contribution in [0.4, 0.5) is 0 Å². The molecule has 1 nitrogen and oxygen atoms in total. The van der Waals surface area contributed by atoms with Gasteiger partial charge in [-0.3, -0.25) is 6.08 Å². The molecular formula is C18H31Cl2NZr-4. The van der Waals surface area contributed by atoms with Crippen LogP contribution in [0.25, 0.3) is 0 Å². The number of rotatable bonds is 0. The predicted octanol–water partition coefficient (Wildman–Crippen LogP) is 6.17. The summed E-state index contributed by atoms with van der Waals surface area (Å²) < 4.78 is 3.34. The third-order valence-corrected chi connectivity index (χ3v) is 1.03. The molecule has 0 atom stereocenters. The number of halogens is 2. The molecule has 130 valence electrons. The Labute approximate surface area is 166 Å². The average molecular weight is 424 g/mol. The number of nitrogens with one attached hydrogen (secondary N) is 1. The van der Waals surface area contributed by atoms with Crippen LogP contribution >= 0.6 is 24.8 Å². The zero-order valence-electron chi connectivity index (χ0n) is 14.7. The molecule has 0 bridgehead atoms. The first-order valence-electron chi connectivity index (χ1n) is 6.56. The summed E-state index contributed by atoms with van der Waals surface area (Å²) in [5, 5.41) is 0. The summed E-state index contributed by atoms with van der Waals surface area (Å²) >= 11 is 1.30. The molecule has 2 rings (SSSR count). The van der Waals surface area contributed by atoms with Crippen molar-refractivity contribution in [1.29, 1.82) is 0 Å². The number of H-pyrrole nitrogens is 1.